The zero-order chi connectivity index (χ0) is 33.0. The van der Waals surface area contributed by atoms with Crippen molar-refractivity contribution >= 4 is 34.8 Å². The average molecular weight is 621 g/mol. The molecule has 3 aliphatic carbocycles. The summed E-state index contributed by atoms with van der Waals surface area (Å²) in [7, 11) is 6.59. The molecule has 2 aromatic rings. The van der Waals surface area contributed by atoms with Gasteiger partial charge in [-0.1, -0.05) is 30.3 Å². The fourth-order valence-electron chi connectivity index (χ4n) is 6.82. The van der Waals surface area contributed by atoms with Crippen LogP contribution in [-0.2, 0) is 32.1 Å². The molecule has 0 bridgehead atoms. The van der Waals surface area contributed by atoms with E-state index in [0.29, 0.717) is 11.3 Å². The van der Waals surface area contributed by atoms with Crippen LogP contribution in [0.5, 0.6) is 5.75 Å². The Balaban J connectivity index is 1.54. The zero-order valence-corrected chi connectivity index (χ0v) is 25.3. The van der Waals surface area contributed by atoms with Crippen LogP contribution in [0.3, 0.4) is 0 Å². The van der Waals surface area contributed by atoms with Gasteiger partial charge in [0.1, 0.15) is 23.7 Å². The van der Waals surface area contributed by atoms with Crippen LogP contribution in [0.2, 0.25) is 0 Å². The lowest BCUT2D eigenvalue weighted by molar-refractivity contribution is -0.148. The van der Waals surface area contributed by atoms with E-state index in [-0.39, 0.29) is 42.9 Å². The standard InChI is InChI=1S/C32H36N4O9/c1-35(2)20-12-19(34-21(37)14-45-13-15-8-6-5-7-9-15)26(38)23-17(20)10-16-11-18-25(36(3)4)28(40)24(31(33)43)30(42)32(18,44)29(41)22(16)27(23)39/h5-9,12,16,18,25,38,40-41,44H,10-11,13-14H2,1-4H3,(H2,33,43)(H,34,37)/t16?,18?,25-,32?/m0/s1. The molecule has 3 unspecified atom stereocenters. The van der Waals surface area contributed by atoms with Gasteiger partial charge in [-0.2, -0.15) is 0 Å². The number of fused-ring (bicyclic) bond motifs is 3. The number of likely N-dealkylation sites (N-methyl/N-ethyl adjacent to an activating group) is 1. The van der Waals surface area contributed by atoms with Gasteiger partial charge < -0.3 is 41.1 Å². The molecule has 0 saturated carbocycles. The molecule has 0 fully saturated rings. The lowest BCUT2D eigenvalue weighted by Crippen LogP contribution is -2.63. The van der Waals surface area contributed by atoms with Gasteiger partial charge >= 0.3 is 0 Å². The van der Waals surface area contributed by atoms with E-state index in [1.54, 1.807) is 33.1 Å². The summed E-state index contributed by atoms with van der Waals surface area (Å²) in [6.07, 6.45) is 0.0840. The van der Waals surface area contributed by atoms with E-state index in [0.717, 1.165) is 5.56 Å². The molecule has 4 atom stereocenters. The number of nitrogens with two attached hydrogens (primary N) is 1. The molecule has 13 heteroatoms. The summed E-state index contributed by atoms with van der Waals surface area (Å²) in [6, 6.07) is 9.68. The molecule has 0 aliphatic heterocycles. The third-order valence-electron chi connectivity index (χ3n) is 8.80. The molecular weight excluding hydrogens is 584 g/mol. The molecular formula is C32H36N4O9. The Morgan fingerprint density at radius 1 is 1.09 bits per heavy atom. The number of carbonyl (C=O) groups is 4. The quantitative estimate of drug-likeness (QED) is 0.184. The highest BCUT2D eigenvalue weighted by atomic mass is 16.5. The molecule has 0 spiro atoms. The number of ether oxygens (including phenoxy) is 1. The number of phenolic OH excluding ortho intramolecular Hbond substituents is 1. The van der Waals surface area contributed by atoms with Crippen molar-refractivity contribution in [2.24, 2.45) is 17.6 Å². The normalized spacial score (nSPS) is 24.3. The number of hydrogen-bond donors (Lipinski definition) is 6. The molecule has 238 valence electrons. The second-order valence-corrected chi connectivity index (χ2v) is 12.0. The number of aliphatic hydroxyl groups is 3. The van der Waals surface area contributed by atoms with Crippen LogP contribution < -0.4 is 16.0 Å². The minimum absolute atomic E-state index is 0.0311. The Bertz CT molecular complexity index is 1660. The van der Waals surface area contributed by atoms with Gasteiger partial charge in [-0.05, 0) is 50.0 Å². The Morgan fingerprint density at radius 2 is 1.76 bits per heavy atom. The number of benzene rings is 2. The van der Waals surface area contributed by atoms with Crippen LogP contribution in [0.1, 0.15) is 27.9 Å². The predicted molar refractivity (Wildman–Crippen MR) is 163 cm³/mol. The summed E-state index contributed by atoms with van der Waals surface area (Å²) in [5.74, 6) is -8.04. The van der Waals surface area contributed by atoms with Crippen molar-refractivity contribution in [3.05, 3.63) is 75.8 Å². The number of allylic oxidation sites excluding steroid dienone is 1. The molecule has 5 rings (SSSR count). The molecule has 0 saturated heterocycles. The highest BCUT2D eigenvalue weighted by molar-refractivity contribution is 6.25. The van der Waals surface area contributed by atoms with Crippen LogP contribution in [0.25, 0.3) is 0 Å². The van der Waals surface area contributed by atoms with Gasteiger partial charge in [0.05, 0.1) is 23.9 Å². The van der Waals surface area contributed by atoms with Crippen molar-refractivity contribution in [3.8, 4) is 5.75 Å². The maximum Gasteiger partial charge on any atom is 0.255 e. The van der Waals surface area contributed by atoms with E-state index in [4.69, 9.17) is 10.5 Å². The predicted octanol–water partition coefficient (Wildman–Crippen LogP) is 1.34. The summed E-state index contributed by atoms with van der Waals surface area (Å²) in [5, 5.41) is 48.1. The first-order valence-electron chi connectivity index (χ1n) is 14.3. The number of phenols is 1. The first-order chi connectivity index (χ1) is 21.2. The van der Waals surface area contributed by atoms with Crippen LogP contribution in [-0.4, -0.2) is 95.1 Å². The van der Waals surface area contributed by atoms with Crippen LogP contribution in [0, 0.1) is 11.8 Å². The fraction of sp³-hybridized carbons (Fsp3) is 0.375. The van der Waals surface area contributed by atoms with Crippen molar-refractivity contribution in [3.63, 3.8) is 0 Å². The molecule has 0 heterocycles. The summed E-state index contributed by atoms with van der Waals surface area (Å²) in [6.45, 7) is -0.154. The van der Waals surface area contributed by atoms with Crippen LogP contribution >= 0.6 is 0 Å². The number of Topliss-reactive ketones (excluding diaryl/α,β-unsaturated/α-hetero) is 2. The Kier molecular flexibility index (Phi) is 8.21. The van der Waals surface area contributed by atoms with Gasteiger partial charge in [-0.25, -0.2) is 0 Å². The third kappa shape index (κ3) is 5.12. The van der Waals surface area contributed by atoms with Gasteiger partial charge in [-0.15, -0.1) is 0 Å². The average Bonchev–Trinajstić information content (AvgIpc) is 2.96. The number of anilines is 2. The molecule has 2 aromatic carbocycles. The van der Waals surface area contributed by atoms with E-state index in [1.807, 2.05) is 30.3 Å². The number of ketones is 2. The number of nitrogens with zero attached hydrogens (tertiary/aromatic N) is 2. The van der Waals surface area contributed by atoms with Gasteiger partial charge in [0.25, 0.3) is 5.91 Å². The SMILES string of the molecule is CN(C)c1cc(NC(=O)COCc2ccccc2)c(O)c2c1CC1CC3[C@H](N(C)C)C(O)=C(C(N)=O)C(=O)C3(O)C(O)=C1C2=O. The van der Waals surface area contributed by atoms with Crippen molar-refractivity contribution in [2.75, 3.05) is 45.0 Å². The van der Waals surface area contributed by atoms with Crippen LogP contribution in [0.15, 0.2) is 59.1 Å². The summed E-state index contributed by atoms with van der Waals surface area (Å²) in [4.78, 5) is 55.8. The van der Waals surface area contributed by atoms with E-state index in [2.05, 4.69) is 5.32 Å². The fourth-order valence-corrected chi connectivity index (χ4v) is 6.82. The molecule has 45 heavy (non-hydrogen) atoms. The lowest BCUT2D eigenvalue weighted by atomic mass is 9.58. The van der Waals surface area contributed by atoms with E-state index >= 15 is 0 Å². The first kappa shape index (κ1) is 31.7. The summed E-state index contributed by atoms with van der Waals surface area (Å²) in [5.41, 5.74) is 3.02. The number of amides is 2. The Hall–Kier alpha value is -4.72. The minimum atomic E-state index is -2.74. The number of rotatable bonds is 8. The maximum atomic E-state index is 14.1. The van der Waals surface area contributed by atoms with E-state index in [1.165, 1.54) is 11.0 Å². The molecule has 0 radical (unpaired) electrons. The topological polar surface area (TPSA) is 203 Å². The minimum Gasteiger partial charge on any atom is -0.510 e. The molecule has 2 amide bonds. The monoisotopic (exact) mass is 620 g/mol. The molecule has 7 N–H and O–H groups in total. The highest BCUT2D eigenvalue weighted by Crippen LogP contribution is 2.53. The number of aromatic hydroxyl groups is 1. The van der Waals surface area contributed by atoms with E-state index < -0.39 is 69.7 Å². The first-order valence-corrected chi connectivity index (χ1v) is 14.3. The smallest absolute Gasteiger partial charge is 0.255 e. The number of hydrogen-bond acceptors (Lipinski definition) is 11. The third-order valence-corrected chi connectivity index (χ3v) is 8.80. The summed E-state index contributed by atoms with van der Waals surface area (Å²) >= 11 is 0. The van der Waals surface area contributed by atoms with Crippen molar-refractivity contribution in [1.29, 1.82) is 0 Å². The van der Waals surface area contributed by atoms with Gasteiger partial charge in [0, 0.05) is 31.3 Å². The lowest BCUT2D eigenvalue weighted by Gasteiger charge is -2.50. The molecule has 13 nitrogen and oxygen atoms in total. The zero-order valence-electron chi connectivity index (χ0n) is 25.3. The number of primary amides is 1. The number of carbonyl (C=O) groups excluding carboxylic acids is 4. The number of aliphatic hydroxyl groups excluding tert-OH is 2. The number of nitrogens with one attached hydrogen (secondary N) is 1. The molecule has 0 aromatic heterocycles. The second kappa shape index (κ2) is 11.7. The van der Waals surface area contributed by atoms with Gasteiger partial charge in [0.15, 0.2) is 17.1 Å². The largest absolute Gasteiger partial charge is 0.510 e. The molecule has 3 aliphatic rings. The van der Waals surface area contributed by atoms with Crippen molar-refractivity contribution in [2.45, 2.75) is 31.1 Å². The second-order valence-electron chi connectivity index (χ2n) is 12.0. The van der Waals surface area contributed by atoms with Crippen LogP contribution in [0.4, 0.5) is 11.4 Å². The Morgan fingerprint density at radius 3 is 2.36 bits per heavy atom. The van der Waals surface area contributed by atoms with Crippen molar-refractivity contribution in [1.82, 2.24) is 4.90 Å². The van der Waals surface area contributed by atoms with Gasteiger partial charge in [0.2, 0.25) is 11.7 Å². The van der Waals surface area contributed by atoms with Gasteiger partial charge in [-0.3, -0.25) is 24.1 Å². The van der Waals surface area contributed by atoms with E-state index in [9.17, 15) is 39.6 Å². The van der Waals surface area contributed by atoms with Crippen molar-refractivity contribution < 1.29 is 44.3 Å². The summed E-state index contributed by atoms with van der Waals surface area (Å²) < 4.78 is 5.49. The Labute approximate surface area is 259 Å². The highest BCUT2D eigenvalue weighted by Gasteiger charge is 2.63. The maximum absolute atomic E-state index is 14.1.